The van der Waals surface area contributed by atoms with Gasteiger partial charge in [-0.1, -0.05) is 176 Å². The van der Waals surface area contributed by atoms with Crippen LogP contribution in [0.15, 0.2) is 255 Å². The fourth-order valence-electron chi connectivity index (χ4n) is 10.8. The number of rotatable bonds is 8. The summed E-state index contributed by atoms with van der Waals surface area (Å²) in [7, 11) is 0. The van der Waals surface area contributed by atoms with Crippen LogP contribution in [0.25, 0.3) is 54.6 Å². The number of anilines is 6. The lowest BCUT2D eigenvalue weighted by Crippen LogP contribution is -2.25. The first-order valence-electron chi connectivity index (χ1n) is 22.7. The molecular formula is C63H42N2S. The molecule has 0 N–H and O–H groups in total. The SMILES string of the molecule is c1ccc(-c2ccc(N(c3ccccc3)c3ccc4c(c3)C3(c5ccccc5-4)c4cc(N(c5ccccc5)c5ccc(-c6ccccc6)cc5)ccc4-c4c3sc3ccccc43)cc2)cc1. The van der Waals surface area contributed by atoms with Crippen molar-refractivity contribution in [3.05, 3.63) is 276 Å². The summed E-state index contributed by atoms with van der Waals surface area (Å²) >= 11 is 1.95. The van der Waals surface area contributed by atoms with E-state index < -0.39 is 5.41 Å². The van der Waals surface area contributed by atoms with Crippen LogP contribution in [0.2, 0.25) is 0 Å². The van der Waals surface area contributed by atoms with Crippen LogP contribution in [0.4, 0.5) is 34.1 Å². The van der Waals surface area contributed by atoms with Gasteiger partial charge in [-0.25, -0.2) is 0 Å². The molecule has 0 saturated carbocycles. The van der Waals surface area contributed by atoms with E-state index in [0.717, 1.165) is 34.1 Å². The number of thiophene rings is 1. The molecule has 13 rings (SSSR count). The zero-order valence-corrected chi connectivity index (χ0v) is 36.9. The molecule has 1 spiro atoms. The Morgan fingerprint density at radius 1 is 0.288 bits per heavy atom. The molecule has 2 nitrogen and oxygen atoms in total. The summed E-state index contributed by atoms with van der Waals surface area (Å²) < 4.78 is 1.31. The lowest BCUT2D eigenvalue weighted by Gasteiger charge is -2.32. The molecule has 1 heterocycles. The Hall–Kier alpha value is -8.24. The van der Waals surface area contributed by atoms with Gasteiger partial charge in [0.15, 0.2) is 0 Å². The summed E-state index contributed by atoms with van der Waals surface area (Å²) in [5.41, 5.74) is 20.1. The van der Waals surface area contributed by atoms with Crippen molar-refractivity contribution >= 4 is 55.5 Å². The first-order chi connectivity index (χ1) is 32.7. The number of nitrogens with zero attached hydrogens (tertiary/aromatic N) is 2. The maximum Gasteiger partial charge on any atom is 0.0820 e. The van der Waals surface area contributed by atoms with Crippen LogP contribution in [0, 0.1) is 0 Å². The van der Waals surface area contributed by atoms with Crippen LogP contribution < -0.4 is 9.80 Å². The molecule has 10 aromatic carbocycles. The van der Waals surface area contributed by atoms with Crippen LogP contribution in [0.5, 0.6) is 0 Å². The molecule has 1 unspecified atom stereocenters. The molecule has 3 heteroatoms. The molecule has 0 fully saturated rings. The van der Waals surface area contributed by atoms with Crippen LogP contribution in [0.3, 0.4) is 0 Å². The Balaban J connectivity index is 1.04. The van der Waals surface area contributed by atoms with E-state index in [0.29, 0.717) is 0 Å². The number of benzene rings is 10. The normalized spacial score (nSPS) is 14.1. The Labute approximate surface area is 389 Å². The van der Waals surface area contributed by atoms with Gasteiger partial charge in [0.2, 0.25) is 0 Å². The minimum Gasteiger partial charge on any atom is -0.310 e. The highest BCUT2D eigenvalue weighted by Gasteiger charge is 2.54. The second-order valence-electron chi connectivity index (χ2n) is 17.2. The maximum absolute atomic E-state index is 2.50. The molecule has 0 radical (unpaired) electrons. The van der Waals surface area contributed by atoms with Crippen molar-refractivity contribution in [1.82, 2.24) is 0 Å². The summed E-state index contributed by atoms with van der Waals surface area (Å²) in [6, 6.07) is 93.5. The van der Waals surface area contributed by atoms with Crippen molar-refractivity contribution in [2.24, 2.45) is 0 Å². The summed E-state index contributed by atoms with van der Waals surface area (Å²) in [4.78, 5) is 6.22. The molecule has 11 aromatic rings. The first kappa shape index (κ1) is 38.2. The largest absolute Gasteiger partial charge is 0.310 e. The molecule has 1 atom stereocenters. The molecule has 2 aliphatic carbocycles. The van der Waals surface area contributed by atoms with Gasteiger partial charge >= 0.3 is 0 Å². The van der Waals surface area contributed by atoms with E-state index in [4.69, 9.17) is 0 Å². The van der Waals surface area contributed by atoms with Crippen molar-refractivity contribution in [2.75, 3.05) is 9.80 Å². The van der Waals surface area contributed by atoms with E-state index in [-0.39, 0.29) is 0 Å². The van der Waals surface area contributed by atoms with E-state index in [2.05, 4.69) is 265 Å². The van der Waals surface area contributed by atoms with Crippen LogP contribution in [0.1, 0.15) is 21.6 Å². The van der Waals surface area contributed by atoms with Gasteiger partial charge in [-0.05, 0) is 134 Å². The lowest BCUT2D eigenvalue weighted by atomic mass is 9.73. The molecule has 0 saturated heterocycles. The van der Waals surface area contributed by atoms with Gasteiger partial charge in [0.05, 0.1) is 5.41 Å². The Kier molecular flexibility index (Phi) is 8.97. The average Bonchev–Trinajstić information content (AvgIpc) is 4.01. The molecule has 2 aliphatic rings. The summed E-state index contributed by atoms with van der Waals surface area (Å²) in [5, 5.41) is 1.31. The lowest BCUT2D eigenvalue weighted by molar-refractivity contribution is 0.811. The average molecular weight is 859 g/mol. The predicted molar refractivity (Wildman–Crippen MR) is 278 cm³/mol. The highest BCUT2D eigenvalue weighted by molar-refractivity contribution is 7.20. The summed E-state index contributed by atoms with van der Waals surface area (Å²) in [5.74, 6) is 0. The molecule has 0 aliphatic heterocycles. The number of hydrogen-bond acceptors (Lipinski definition) is 3. The van der Waals surface area contributed by atoms with E-state index in [9.17, 15) is 0 Å². The third-order valence-corrected chi connectivity index (χ3v) is 14.9. The van der Waals surface area contributed by atoms with Gasteiger partial charge in [-0.2, -0.15) is 0 Å². The number of hydrogen-bond donors (Lipinski definition) is 0. The Morgan fingerprint density at radius 3 is 1.24 bits per heavy atom. The summed E-state index contributed by atoms with van der Waals surface area (Å²) in [6.07, 6.45) is 0. The molecule has 0 bridgehead atoms. The number of para-hydroxylation sites is 2. The predicted octanol–water partition coefficient (Wildman–Crippen LogP) is 17.5. The van der Waals surface area contributed by atoms with Gasteiger partial charge < -0.3 is 9.80 Å². The minimum atomic E-state index is -0.564. The van der Waals surface area contributed by atoms with Crippen molar-refractivity contribution in [3.63, 3.8) is 0 Å². The van der Waals surface area contributed by atoms with Gasteiger partial charge in [0.1, 0.15) is 0 Å². The molecule has 310 valence electrons. The van der Waals surface area contributed by atoms with E-state index >= 15 is 0 Å². The molecule has 0 amide bonds. The quantitative estimate of drug-likeness (QED) is 0.150. The maximum atomic E-state index is 2.50. The van der Waals surface area contributed by atoms with E-state index in [1.54, 1.807) is 0 Å². The minimum absolute atomic E-state index is 0.564. The van der Waals surface area contributed by atoms with Gasteiger partial charge in [-0.15, -0.1) is 11.3 Å². The van der Waals surface area contributed by atoms with Crippen LogP contribution >= 0.6 is 11.3 Å². The number of fused-ring (bicyclic) bond motifs is 12. The third-order valence-electron chi connectivity index (χ3n) is 13.7. The molecular weight excluding hydrogens is 817 g/mol. The second-order valence-corrected chi connectivity index (χ2v) is 18.3. The monoisotopic (exact) mass is 858 g/mol. The van der Waals surface area contributed by atoms with Crippen molar-refractivity contribution in [2.45, 2.75) is 5.41 Å². The Bertz CT molecular complexity index is 3560. The van der Waals surface area contributed by atoms with Crippen molar-refractivity contribution in [3.8, 4) is 44.5 Å². The fourth-order valence-corrected chi connectivity index (χ4v) is 12.2. The topological polar surface area (TPSA) is 6.48 Å². The van der Waals surface area contributed by atoms with Gasteiger partial charge in [-0.3, -0.25) is 0 Å². The van der Waals surface area contributed by atoms with Crippen LogP contribution in [-0.2, 0) is 5.41 Å². The standard InChI is InChI=1S/C63H42N2S/c1-5-17-43(18-6-1)45-29-33-49(34-30-45)64(47-21-9-3-10-22-47)51-37-39-54-53-25-13-15-27-57(53)63(58(54)41-51)59-42-52(38-40-55(59)61-56-26-14-16-28-60(56)66-62(61)63)65(48-23-11-4-12-24-48)50-35-31-46(32-36-50)44-19-7-2-8-20-44/h1-42H. The summed E-state index contributed by atoms with van der Waals surface area (Å²) in [6.45, 7) is 0. The van der Waals surface area contributed by atoms with Crippen molar-refractivity contribution < 1.29 is 0 Å². The van der Waals surface area contributed by atoms with E-state index in [1.165, 1.54) is 76.2 Å². The fraction of sp³-hybridized carbons (Fsp3) is 0.0159. The van der Waals surface area contributed by atoms with Crippen LogP contribution in [-0.4, -0.2) is 0 Å². The van der Waals surface area contributed by atoms with Gasteiger partial charge in [0, 0.05) is 54.7 Å². The third kappa shape index (κ3) is 5.94. The van der Waals surface area contributed by atoms with Crippen molar-refractivity contribution in [1.29, 1.82) is 0 Å². The Morgan fingerprint density at radius 2 is 0.682 bits per heavy atom. The molecule has 66 heavy (non-hydrogen) atoms. The highest BCUT2D eigenvalue weighted by atomic mass is 32.1. The highest BCUT2D eigenvalue weighted by Crippen LogP contribution is 2.67. The zero-order chi connectivity index (χ0) is 43.6. The second kappa shape index (κ2) is 15.5. The van der Waals surface area contributed by atoms with Gasteiger partial charge in [0.25, 0.3) is 0 Å². The molecule has 1 aromatic heterocycles. The first-order valence-corrected chi connectivity index (χ1v) is 23.5. The smallest absolute Gasteiger partial charge is 0.0820 e. The van der Waals surface area contributed by atoms with E-state index in [1.807, 2.05) is 11.3 Å². The zero-order valence-electron chi connectivity index (χ0n) is 36.1.